The molecule has 0 heterocycles. The molecule has 8 heteroatoms. The van der Waals surface area contributed by atoms with Gasteiger partial charge in [-0.25, -0.2) is 8.42 Å². The van der Waals surface area contributed by atoms with Gasteiger partial charge in [0.1, 0.15) is 0 Å². The average molecular weight is 463 g/mol. The summed E-state index contributed by atoms with van der Waals surface area (Å²) in [5, 5.41) is 0. The van der Waals surface area contributed by atoms with Gasteiger partial charge in [-0.15, -0.1) is 0 Å². The highest BCUT2D eigenvalue weighted by atomic mass is 32.2. The molecular formula is C24H25F3N2O2S. The van der Waals surface area contributed by atoms with Gasteiger partial charge in [-0.2, -0.15) is 13.2 Å². The van der Waals surface area contributed by atoms with Crippen LogP contribution in [0.1, 0.15) is 25.0 Å². The molecular weight excluding hydrogens is 437 g/mol. The molecule has 0 aromatic heterocycles. The lowest BCUT2D eigenvalue weighted by atomic mass is 10.1. The lowest BCUT2D eigenvalue weighted by Crippen LogP contribution is -2.38. The molecule has 0 saturated heterocycles. The lowest BCUT2D eigenvalue weighted by molar-refractivity contribution is -0.137. The molecule has 0 N–H and O–H groups in total. The molecule has 0 aliphatic carbocycles. The van der Waals surface area contributed by atoms with Gasteiger partial charge in [0.25, 0.3) is 10.0 Å². The largest absolute Gasteiger partial charge is 0.416 e. The number of anilines is 2. The van der Waals surface area contributed by atoms with E-state index in [9.17, 15) is 21.6 Å². The molecule has 32 heavy (non-hydrogen) atoms. The summed E-state index contributed by atoms with van der Waals surface area (Å²) >= 11 is 0. The van der Waals surface area contributed by atoms with Crippen molar-refractivity contribution < 1.29 is 21.6 Å². The number of sulfonamides is 1. The SMILES string of the molecule is CC(C)N(c1ccc(C(F)(F)F)cc1N(C)Cc1ccccc1)S(=O)(=O)c1ccccc1. The molecule has 0 amide bonds. The Bertz CT molecular complexity index is 1150. The Morgan fingerprint density at radius 1 is 0.844 bits per heavy atom. The van der Waals surface area contributed by atoms with Crippen molar-refractivity contribution >= 4 is 21.4 Å². The van der Waals surface area contributed by atoms with E-state index in [1.54, 1.807) is 44.0 Å². The molecule has 0 aliphatic rings. The fourth-order valence-corrected chi connectivity index (χ4v) is 5.22. The van der Waals surface area contributed by atoms with E-state index in [1.807, 2.05) is 30.3 Å². The summed E-state index contributed by atoms with van der Waals surface area (Å²) in [6, 6.07) is 19.8. The Balaban J connectivity index is 2.16. The minimum atomic E-state index is -4.55. The summed E-state index contributed by atoms with van der Waals surface area (Å²) in [5.74, 6) is 0. The van der Waals surface area contributed by atoms with Crippen molar-refractivity contribution in [2.24, 2.45) is 0 Å². The van der Waals surface area contributed by atoms with Gasteiger partial charge in [0.05, 0.1) is 21.8 Å². The third-order valence-electron chi connectivity index (χ3n) is 4.98. The maximum atomic E-state index is 13.5. The molecule has 0 bridgehead atoms. The highest BCUT2D eigenvalue weighted by Gasteiger charge is 2.34. The predicted molar refractivity (Wildman–Crippen MR) is 121 cm³/mol. The van der Waals surface area contributed by atoms with Crippen molar-refractivity contribution in [2.75, 3.05) is 16.3 Å². The molecule has 0 radical (unpaired) electrons. The van der Waals surface area contributed by atoms with Gasteiger partial charge in [-0.05, 0) is 49.7 Å². The van der Waals surface area contributed by atoms with Crippen LogP contribution in [0.4, 0.5) is 24.5 Å². The molecule has 0 saturated carbocycles. The molecule has 0 unspecified atom stereocenters. The van der Waals surface area contributed by atoms with Crippen molar-refractivity contribution in [1.82, 2.24) is 0 Å². The average Bonchev–Trinajstić information content (AvgIpc) is 2.74. The maximum absolute atomic E-state index is 13.5. The van der Waals surface area contributed by atoms with Crippen LogP contribution in [0, 0.1) is 0 Å². The van der Waals surface area contributed by atoms with Crippen LogP contribution >= 0.6 is 0 Å². The van der Waals surface area contributed by atoms with Crippen LogP contribution in [-0.4, -0.2) is 21.5 Å². The zero-order valence-corrected chi connectivity index (χ0v) is 18.9. The van der Waals surface area contributed by atoms with Gasteiger partial charge >= 0.3 is 6.18 Å². The van der Waals surface area contributed by atoms with Crippen molar-refractivity contribution in [3.05, 3.63) is 90.0 Å². The first kappa shape index (κ1) is 23.7. The van der Waals surface area contributed by atoms with Gasteiger partial charge in [0.2, 0.25) is 0 Å². The Kier molecular flexibility index (Phi) is 6.83. The van der Waals surface area contributed by atoms with E-state index in [0.29, 0.717) is 6.54 Å². The van der Waals surface area contributed by atoms with E-state index in [1.165, 1.54) is 22.5 Å². The fourth-order valence-electron chi connectivity index (χ4n) is 3.53. The Morgan fingerprint density at radius 2 is 1.41 bits per heavy atom. The van der Waals surface area contributed by atoms with Crippen LogP contribution in [0.5, 0.6) is 0 Å². The molecule has 0 spiro atoms. The Hall–Kier alpha value is -3.00. The van der Waals surface area contributed by atoms with Gasteiger partial charge in [0, 0.05) is 19.6 Å². The van der Waals surface area contributed by atoms with Crippen molar-refractivity contribution in [3.63, 3.8) is 0 Å². The van der Waals surface area contributed by atoms with Gasteiger partial charge in [-0.3, -0.25) is 4.31 Å². The molecule has 0 aliphatic heterocycles. The van der Waals surface area contributed by atoms with Crippen LogP contribution in [0.2, 0.25) is 0 Å². The Morgan fingerprint density at radius 3 is 1.94 bits per heavy atom. The lowest BCUT2D eigenvalue weighted by Gasteiger charge is -2.33. The number of benzene rings is 3. The van der Waals surface area contributed by atoms with Gasteiger partial charge in [-0.1, -0.05) is 48.5 Å². The second kappa shape index (κ2) is 9.24. The quantitative estimate of drug-likeness (QED) is 0.436. The number of alkyl halides is 3. The number of halogens is 3. The first-order valence-corrected chi connectivity index (χ1v) is 11.5. The van der Waals surface area contributed by atoms with E-state index in [2.05, 4.69) is 0 Å². The van der Waals surface area contributed by atoms with Gasteiger partial charge < -0.3 is 4.90 Å². The zero-order valence-electron chi connectivity index (χ0n) is 18.0. The molecule has 4 nitrogen and oxygen atoms in total. The molecule has 170 valence electrons. The van der Waals surface area contributed by atoms with Crippen LogP contribution in [0.15, 0.2) is 83.8 Å². The van der Waals surface area contributed by atoms with Crippen LogP contribution in [-0.2, 0) is 22.7 Å². The number of hydrogen-bond acceptors (Lipinski definition) is 3. The standard InChI is InChI=1S/C24H25F3N2O2S/c1-18(2)29(32(30,31)21-12-8-5-9-13-21)22-15-14-20(24(25,26)27)16-23(22)28(3)17-19-10-6-4-7-11-19/h4-16,18H,17H2,1-3H3. The summed E-state index contributed by atoms with van der Waals surface area (Å²) in [6.07, 6.45) is -4.55. The van der Waals surface area contributed by atoms with E-state index < -0.39 is 27.8 Å². The highest BCUT2D eigenvalue weighted by Crippen LogP contribution is 2.40. The maximum Gasteiger partial charge on any atom is 0.416 e. The summed E-state index contributed by atoms with van der Waals surface area (Å²) in [5.41, 5.74) is 0.421. The second-order valence-electron chi connectivity index (χ2n) is 7.75. The summed E-state index contributed by atoms with van der Waals surface area (Å²) in [4.78, 5) is 1.71. The zero-order chi connectivity index (χ0) is 23.5. The topological polar surface area (TPSA) is 40.6 Å². The highest BCUT2D eigenvalue weighted by molar-refractivity contribution is 7.92. The van der Waals surface area contributed by atoms with Crippen molar-refractivity contribution in [3.8, 4) is 0 Å². The van der Waals surface area contributed by atoms with Crippen LogP contribution in [0.3, 0.4) is 0 Å². The molecule has 3 aromatic carbocycles. The molecule has 0 atom stereocenters. The van der Waals surface area contributed by atoms with E-state index >= 15 is 0 Å². The van der Waals surface area contributed by atoms with E-state index in [0.717, 1.165) is 17.7 Å². The van der Waals surface area contributed by atoms with Crippen molar-refractivity contribution in [1.29, 1.82) is 0 Å². The summed E-state index contributed by atoms with van der Waals surface area (Å²) < 4.78 is 68.6. The molecule has 3 rings (SSSR count). The first-order valence-electron chi connectivity index (χ1n) is 10.1. The third-order valence-corrected chi connectivity index (χ3v) is 6.99. The van der Waals surface area contributed by atoms with Gasteiger partial charge in [0.15, 0.2) is 0 Å². The molecule has 0 fully saturated rings. The van der Waals surface area contributed by atoms with E-state index in [4.69, 9.17) is 0 Å². The third kappa shape index (κ3) is 5.07. The minimum absolute atomic E-state index is 0.0743. The number of hydrogen-bond donors (Lipinski definition) is 0. The van der Waals surface area contributed by atoms with E-state index in [-0.39, 0.29) is 16.3 Å². The monoisotopic (exact) mass is 462 g/mol. The number of rotatable bonds is 7. The number of nitrogens with zero attached hydrogens (tertiary/aromatic N) is 2. The fraction of sp³-hybridized carbons (Fsp3) is 0.250. The molecule has 3 aromatic rings. The summed E-state index contributed by atoms with van der Waals surface area (Å²) in [6.45, 7) is 3.70. The van der Waals surface area contributed by atoms with Crippen LogP contribution in [0.25, 0.3) is 0 Å². The normalized spacial score (nSPS) is 12.1. The minimum Gasteiger partial charge on any atom is -0.369 e. The van der Waals surface area contributed by atoms with Crippen LogP contribution < -0.4 is 9.21 Å². The second-order valence-corrected chi connectivity index (χ2v) is 9.57. The smallest absolute Gasteiger partial charge is 0.369 e. The predicted octanol–water partition coefficient (Wildman–Crippen LogP) is 5.95. The Labute approximate surface area is 187 Å². The summed E-state index contributed by atoms with van der Waals surface area (Å²) in [7, 11) is -2.35. The van der Waals surface area contributed by atoms with Crippen molar-refractivity contribution in [2.45, 2.75) is 37.5 Å². The first-order chi connectivity index (χ1) is 15.0.